The zero-order valence-electron chi connectivity index (χ0n) is 8.27. The van der Waals surface area contributed by atoms with Crippen LogP contribution in [0.1, 0.15) is 20.8 Å². The predicted molar refractivity (Wildman–Crippen MR) is 50.0 cm³/mol. The summed E-state index contributed by atoms with van der Waals surface area (Å²) in [6.45, 7) is 5.14. The Balaban J connectivity index is 3.82. The summed E-state index contributed by atoms with van der Waals surface area (Å²) in [5.74, 6) is -0.395. The van der Waals surface area contributed by atoms with Crippen LogP contribution in [-0.2, 0) is 14.1 Å². The molecular weight excluding hydrogens is 193 g/mol. The molecule has 0 aliphatic carbocycles. The Bertz CT molecular complexity index is 165. The normalized spacial score (nSPS) is 15.5. The molecule has 0 aliphatic heterocycles. The highest BCUT2D eigenvalue weighted by atomic mass is 31.2. The van der Waals surface area contributed by atoms with Crippen molar-refractivity contribution in [2.75, 3.05) is 7.11 Å². The van der Waals surface area contributed by atoms with E-state index < -0.39 is 20.5 Å². The molecular formula is C7H16NO4P. The van der Waals surface area contributed by atoms with Crippen molar-refractivity contribution in [3.63, 3.8) is 0 Å². The van der Waals surface area contributed by atoms with Crippen LogP contribution in [0.25, 0.3) is 0 Å². The molecule has 0 bridgehead atoms. The van der Waals surface area contributed by atoms with Crippen molar-refractivity contribution in [2.24, 2.45) is 0 Å². The fourth-order valence-electron chi connectivity index (χ4n) is 0.605. The Kier molecular flexibility index (Phi) is 6.16. The van der Waals surface area contributed by atoms with Crippen molar-refractivity contribution in [3.8, 4) is 0 Å². The number of esters is 1. The van der Waals surface area contributed by atoms with Gasteiger partial charge in [0.1, 0.15) is 6.04 Å². The van der Waals surface area contributed by atoms with E-state index in [2.05, 4.69) is 9.61 Å². The molecule has 0 rings (SSSR count). The van der Waals surface area contributed by atoms with Gasteiger partial charge in [0.05, 0.1) is 6.10 Å². The highest BCUT2D eigenvalue weighted by molar-refractivity contribution is 7.43. The maximum absolute atomic E-state index is 11.2. The molecule has 0 saturated heterocycles. The highest BCUT2D eigenvalue weighted by Crippen LogP contribution is 2.24. The molecule has 2 N–H and O–H groups in total. The molecule has 0 aromatic heterocycles. The minimum Gasteiger partial charge on any atom is -0.462 e. The van der Waals surface area contributed by atoms with E-state index >= 15 is 0 Å². The van der Waals surface area contributed by atoms with Gasteiger partial charge in [0.15, 0.2) is 0 Å². The summed E-state index contributed by atoms with van der Waals surface area (Å²) in [6.07, 6.45) is -0.149. The Hall–Kier alpha value is -0.220. The number of nitrogens with one attached hydrogen (secondary N) is 1. The second-order valence-electron chi connectivity index (χ2n) is 2.79. The summed E-state index contributed by atoms with van der Waals surface area (Å²) < 4.78 is 9.48. The van der Waals surface area contributed by atoms with Crippen LogP contribution in [0, 0.1) is 0 Å². The van der Waals surface area contributed by atoms with E-state index in [1.807, 2.05) is 0 Å². The van der Waals surface area contributed by atoms with Gasteiger partial charge in [0.2, 0.25) is 0 Å². The second kappa shape index (κ2) is 6.27. The standard InChI is InChI=1S/C7H16NO4P/c1-5(2)12-7(9)6(3)8-13(10)11-4/h5-6,8,10H,1-4H3/t6-,13?/m0/s1. The SMILES string of the molecule is COP(O)N[C@@H](C)C(=O)OC(C)C. The van der Waals surface area contributed by atoms with Crippen LogP contribution in [0.15, 0.2) is 0 Å². The maximum Gasteiger partial charge on any atom is 0.323 e. The minimum absolute atomic E-state index is 0.149. The van der Waals surface area contributed by atoms with Gasteiger partial charge in [-0.3, -0.25) is 4.79 Å². The first-order chi connectivity index (χ1) is 5.97. The average molecular weight is 209 g/mol. The molecule has 2 atom stereocenters. The van der Waals surface area contributed by atoms with E-state index in [0.29, 0.717) is 0 Å². The molecule has 0 fully saturated rings. The van der Waals surface area contributed by atoms with E-state index in [1.165, 1.54) is 7.11 Å². The van der Waals surface area contributed by atoms with Gasteiger partial charge in [-0.25, -0.2) is 5.09 Å². The number of hydrogen-bond donors (Lipinski definition) is 2. The first-order valence-electron chi connectivity index (χ1n) is 3.97. The first kappa shape index (κ1) is 12.8. The van der Waals surface area contributed by atoms with Crippen molar-refractivity contribution in [1.82, 2.24) is 5.09 Å². The molecule has 0 aromatic carbocycles. The van der Waals surface area contributed by atoms with E-state index in [0.717, 1.165) is 0 Å². The lowest BCUT2D eigenvalue weighted by molar-refractivity contribution is -0.149. The van der Waals surface area contributed by atoms with Crippen molar-refractivity contribution >= 4 is 14.5 Å². The van der Waals surface area contributed by atoms with Gasteiger partial charge >= 0.3 is 5.97 Å². The lowest BCUT2D eigenvalue weighted by Gasteiger charge is -2.16. The van der Waals surface area contributed by atoms with Crippen LogP contribution >= 0.6 is 8.53 Å². The van der Waals surface area contributed by atoms with Crippen LogP contribution in [0.5, 0.6) is 0 Å². The summed E-state index contributed by atoms with van der Waals surface area (Å²) in [5, 5.41) is 2.56. The molecule has 0 aliphatic rings. The molecule has 5 nitrogen and oxygen atoms in total. The number of carbonyl (C=O) groups is 1. The van der Waals surface area contributed by atoms with Crippen molar-refractivity contribution < 1.29 is 18.9 Å². The zero-order valence-corrected chi connectivity index (χ0v) is 9.17. The predicted octanol–water partition coefficient (Wildman–Crippen LogP) is 0.782. The monoisotopic (exact) mass is 209 g/mol. The molecule has 0 spiro atoms. The van der Waals surface area contributed by atoms with Gasteiger partial charge in [-0.1, -0.05) is 0 Å². The molecule has 0 amide bonds. The van der Waals surface area contributed by atoms with Crippen LogP contribution in [-0.4, -0.2) is 30.1 Å². The van der Waals surface area contributed by atoms with Crippen molar-refractivity contribution in [2.45, 2.75) is 32.9 Å². The molecule has 0 heterocycles. The third-order valence-electron chi connectivity index (χ3n) is 1.18. The third-order valence-corrected chi connectivity index (χ3v) is 2.14. The second-order valence-corrected chi connectivity index (χ2v) is 3.96. The average Bonchev–Trinajstić information content (AvgIpc) is 2.02. The van der Waals surface area contributed by atoms with Crippen molar-refractivity contribution in [1.29, 1.82) is 0 Å². The van der Waals surface area contributed by atoms with E-state index in [-0.39, 0.29) is 6.10 Å². The van der Waals surface area contributed by atoms with Crippen LogP contribution in [0.2, 0.25) is 0 Å². The van der Waals surface area contributed by atoms with Gasteiger partial charge in [0.25, 0.3) is 8.53 Å². The summed E-state index contributed by atoms with van der Waals surface area (Å²) in [6, 6.07) is -0.557. The largest absolute Gasteiger partial charge is 0.462 e. The van der Waals surface area contributed by atoms with Crippen LogP contribution in [0.4, 0.5) is 0 Å². The Morgan fingerprint density at radius 3 is 2.38 bits per heavy atom. The van der Waals surface area contributed by atoms with E-state index in [4.69, 9.17) is 9.63 Å². The molecule has 6 heteroatoms. The molecule has 13 heavy (non-hydrogen) atoms. The molecule has 0 radical (unpaired) electrons. The molecule has 1 unspecified atom stereocenters. The van der Waals surface area contributed by atoms with Crippen LogP contribution in [0.3, 0.4) is 0 Å². The topological polar surface area (TPSA) is 67.8 Å². The van der Waals surface area contributed by atoms with Gasteiger partial charge in [-0.05, 0) is 20.8 Å². The Morgan fingerprint density at radius 2 is 2.00 bits per heavy atom. The molecule has 0 saturated carbocycles. The van der Waals surface area contributed by atoms with Gasteiger partial charge in [-0.15, -0.1) is 0 Å². The lowest BCUT2D eigenvalue weighted by atomic mass is 10.4. The fourth-order valence-corrected chi connectivity index (χ4v) is 1.15. The summed E-state index contributed by atoms with van der Waals surface area (Å²) in [4.78, 5) is 20.2. The lowest BCUT2D eigenvalue weighted by Crippen LogP contribution is -2.33. The number of hydrogen-bond acceptors (Lipinski definition) is 5. The van der Waals surface area contributed by atoms with Crippen LogP contribution < -0.4 is 5.09 Å². The zero-order chi connectivity index (χ0) is 10.4. The quantitative estimate of drug-likeness (QED) is 0.517. The number of ether oxygens (including phenoxy) is 1. The number of carbonyl (C=O) groups excluding carboxylic acids is 1. The fraction of sp³-hybridized carbons (Fsp3) is 0.857. The van der Waals surface area contributed by atoms with Gasteiger partial charge in [-0.2, -0.15) is 0 Å². The smallest absolute Gasteiger partial charge is 0.323 e. The van der Waals surface area contributed by atoms with Gasteiger partial charge < -0.3 is 14.2 Å². The van der Waals surface area contributed by atoms with Crippen molar-refractivity contribution in [3.05, 3.63) is 0 Å². The van der Waals surface area contributed by atoms with E-state index in [1.54, 1.807) is 20.8 Å². The maximum atomic E-state index is 11.2. The summed E-state index contributed by atoms with van der Waals surface area (Å²) >= 11 is 0. The highest BCUT2D eigenvalue weighted by Gasteiger charge is 2.18. The number of rotatable bonds is 5. The van der Waals surface area contributed by atoms with E-state index in [9.17, 15) is 4.79 Å². The molecule has 0 aromatic rings. The minimum atomic E-state index is -1.73. The third kappa shape index (κ3) is 5.93. The van der Waals surface area contributed by atoms with Gasteiger partial charge in [0, 0.05) is 7.11 Å². The summed E-state index contributed by atoms with van der Waals surface area (Å²) in [5.41, 5.74) is 0. The first-order valence-corrected chi connectivity index (χ1v) is 5.18. The Labute approximate surface area is 79.4 Å². The molecule has 78 valence electrons. The Morgan fingerprint density at radius 1 is 1.46 bits per heavy atom. The summed E-state index contributed by atoms with van der Waals surface area (Å²) in [7, 11) is -0.366.